The van der Waals surface area contributed by atoms with Crippen LogP contribution in [0.1, 0.15) is 0 Å². The molecule has 0 spiro atoms. The van der Waals surface area contributed by atoms with Crippen LogP contribution in [0.25, 0.3) is 16.7 Å². The summed E-state index contributed by atoms with van der Waals surface area (Å²) in [5, 5.41) is -0.0824. The van der Waals surface area contributed by atoms with E-state index < -0.39 is 17.1 Å². The highest BCUT2D eigenvalue weighted by Crippen LogP contribution is 2.13. The first kappa shape index (κ1) is 13.4. The number of halogens is 2. The topological polar surface area (TPSA) is 69.8 Å². The van der Waals surface area contributed by atoms with Gasteiger partial charge in [0.05, 0.1) is 17.3 Å². The number of rotatable bonds is 1. The normalized spacial score (nSPS) is 11.0. The molecular formula is C13H8ClFN4O2. The fourth-order valence-electron chi connectivity index (χ4n) is 2.04. The van der Waals surface area contributed by atoms with Gasteiger partial charge in [-0.3, -0.25) is 9.36 Å². The van der Waals surface area contributed by atoms with Crippen LogP contribution < -0.4 is 11.2 Å². The van der Waals surface area contributed by atoms with E-state index in [2.05, 4.69) is 9.97 Å². The predicted molar refractivity (Wildman–Crippen MR) is 75.3 cm³/mol. The van der Waals surface area contributed by atoms with Gasteiger partial charge in [0.15, 0.2) is 11.0 Å². The fraction of sp³-hybridized carbons (Fsp3) is 0.0769. The Morgan fingerprint density at radius 1 is 1.29 bits per heavy atom. The quantitative estimate of drug-likeness (QED) is 0.635. The minimum atomic E-state index is -0.811. The second-order valence-corrected chi connectivity index (χ2v) is 4.68. The Hall–Kier alpha value is -2.54. The second kappa shape index (κ2) is 4.78. The van der Waals surface area contributed by atoms with Crippen molar-refractivity contribution in [2.75, 3.05) is 0 Å². The van der Waals surface area contributed by atoms with Crippen LogP contribution in [0.5, 0.6) is 0 Å². The van der Waals surface area contributed by atoms with Gasteiger partial charge in [0.25, 0.3) is 5.56 Å². The number of nitrogens with zero attached hydrogens (tertiary/aromatic N) is 4. The van der Waals surface area contributed by atoms with Crippen molar-refractivity contribution in [3.63, 3.8) is 0 Å². The lowest BCUT2D eigenvalue weighted by atomic mass is 10.3. The molecule has 3 aromatic rings. The monoisotopic (exact) mass is 306 g/mol. The number of aryl methyl sites for hydroxylation is 1. The summed E-state index contributed by atoms with van der Waals surface area (Å²) in [6.45, 7) is 0. The summed E-state index contributed by atoms with van der Waals surface area (Å²) in [7, 11) is 1.48. The first-order valence-corrected chi connectivity index (χ1v) is 6.26. The van der Waals surface area contributed by atoms with Crippen molar-refractivity contribution < 1.29 is 4.39 Å². The largest absolute Gasteiger partial charge is 0.337 e. The molecule has 0 N–H and O–H groups in total. The maximum atomic E-state index is 13.5. The molecule has 0 fully saturated rings. The Morgan fingerprint density at radius 3 is 2.76 bits per heavy atom. The van der Waals surface area contributed by atoms with Crippen LogP contribution >= 0.6 is 11.6 Å². The van der Waals surface area contributed by atoms with Crippen LogP contribution in [0.4, 0.5) is 4.39 Å². The lowest BCUT2D eigenvalue weighted by molar-refractivity contribution is 0.618. The molecule has 3 heterocycles. The van der Waals surface area contributed by atoms with Gasteiger partial charge in [0, 0.05) is 19.3 Å². The number of hydrogen-bond donors (Lipinski definition) is 0. The lowest BCUT2D eigenvalue weighted by Gasteiger charge is -2.09. The van der Waals surface area contributed by atoms with Crippen molar-refractivity contribution in [3.8, 4) is 5.69 Å². The zero-order chi connectivity index (χ0) is 15.1. The molecule has 0 bridgehead atoms. The molecule has 21 heavy (non-hydrogen) atoms. The first-order valence-electron chi connectivity index (χ1n) is 5.89. The molecule has 0 radical (unpaired) electrons. The average molecular weight is 307 g/mol. The Kier molecular flexibility index (Phi) is 3.06. The van der Waals surface area contributed by atoms with E-state index in [0.29, 0.717) is 0 Å². The molecule has 0 aliphatic rings. The van der Waals surface area contributed by atoms with Crippen LogP contribution in [0.2, 0.25) is 5.15 Å². The van der Waals surface area contributed by atoms with Crippen LogP contribution in [0.3, 0.4) is 0 Å². The molecule has 0 aromatic carbocycles. The second-order valence-electron chi connectivity index (χ2n) is 4.32. The Bertz CT molecular complexity index is 980. The van der Waals surface area contributed by atoms with E-state index in [0.717, 1.165) is 16.8 Å². The summed E-state index contributed by atoms with van der Waals surface area (Å²) in [6.07, 6.45) is 2.64. The van der Waals surface area contributed by atoms with Crippen molar-refractivity contribution in [3.05, 3.63) is 62.4 Å². The Labute approximate surface area is 122 Å². The number of fused-ring (bicyclic) bond motifs is 1. The van der Waals surface area contributed by atoms with Crippen LogP contribution in [-0.4, -0.2) is 19.1 Å². The van der Waals surface area contributed by atoms with Gasteiger partial charge in [-0.1, -0.05) is 11.6 Å². The van der Waals surface area contributed by atoms with Gasteiger partial charge in [-0.2, -0.15) is 0 Å². The highest BCUT2D eigenvalue weighted by molar-refractivity contribution is 6.29. The summed E-state index contributed by atoms with van der Waals surface area (Å²) >= 11 is 5.51. The first-order chi connectivity index (χ1) is 10.0. The molecule has 0 saturated heterocycles. The van der Waals surface area contributed by atoms with Crippen LogP contribution in [0.15, 0.2) is 40.2 Å². The van der Waals surface area contributed by atoms with Crippen molar-refractivity contribution in [1.82, 2.24) is 19.1 Å². The molecule has 8 heteroatoms. The molecule has 0 unspecified atom stereocenters. The predicted octanol–water partition coefficient (Wildman–Crippen LogP) is 1.27. The fourth-order valence-corrected chi connectivity index (χ4v) is 2.14. The van der Waals surface area contributed by atoms with Gasteiger partial charge in [0.2, 0.25) is 0 Å². The summed E-state index contributed by atoms with van der Waals surface area (Å²) in [4.78, 5) is 32.3. The van der Waals surface area contributed by atoms with Gasteiger partial charge in [0.1, 0.15) is 5.65 Å². The highest BCUT2D eigenvalue weighted by Gasteiger charge is 2.14. The number of hydrogen-bond acceptors (Lipinski definition) is 4. The Morgan fingerprint density at radius 2 is 2.05 bits per heavy atom. The summed E-state index contributed by atoms with van der Waals surface area (Å²) in [5.41, 5.74) is -0.973. The van der Waals surface area contributed by atoms with E-state index in [1.54, 1.807) is 12.1 Å². The van der Waals surface area contributed by atoms with Crippen molar-refractivity contribution in [1.29, 1.82) is 0 Å². The number of aromatic nitrogens is 4. The molecule has 0 saturated carbocycles. The maximum absolute atomic E-state index is 13.5. The van der Waals surface area contributed by atoms with E-state index in [1.807, 2.05) is 0 Å². The average Bonchev–Trinajstić information content (AvgIpc) is 2.49. The maximum Gasteiger partial charge on any atom is 0.337 e. The van der Waals surface area contributed by atoms with E-state index in [9.17, 15) is 14.0 Å². The van der Waals surface area contributed by atoms with E-state index in [4.69, 9.17) is 11.6 Å². The number of pyridine rings is 2. The van der Waals surface area contributed by atoms with E-state index in [1.165, 1.54) is 17.8 Å². The Balaban J connectivity index is 2.46. The van der Waals surface area contributed by atoms with Crippen molar-refractivity contribution >= 4 is 22.6 Å². The zero-order valence-electron chi connectivity index (χ0n) is 10.7. The van der Waals surface area contributed by atoms with Crippen molar-refractivity contribution in [2.45, 2.75) is 0 Å². The van der Waals surface area contributed by atoms with Gasteiger partial charge < -0.3 is 0 Å². The van der Waals surface area contributed by atoms with Crippen molar-refractivity contribution in [2.24, 2.45) is 7.05 Å². The van der Waals surface area contributed by atoms with Gasteiger partial charge >= 0.3 is 5.69 Å². The van der Waals surface area contributed by atoms with E-state index in [-0.39, 0.29) is 21.9 Å². The van der Waals surface area contributed by atoms with Crippen LogP contribution in [0, 0.1) is 5.82 Å². The molecule has 3 aromatic heterocycles. The third kappa shape index (κ3) is 2.02. The minimum absolute atomic E-state index is 0.00764. The smallest absolute Gasteiger partial charge is 0.280 e. The van der Waals surface area contributed by atoms with Crippen LogP contribution in [-0.2, 0) is 7.05 Å². The third-order valence-electron chi connectivity index (χ3n) is 3.06. The highest BCUT2D eigenvalue weighted by atomic mass is 35.5. The van der Waals surface area contributed by atoms with Gasteiger partial charge in [-0.05, 0) is 12.1 Å². The molecule has 0 amide bonds. The molecular weight excluding hydrogens is 299 g/mol. The van der Waals surface area contributed by atoms with Gasteiger partial charge in [-0.25, -0.2) is 23.7 Å². The van der Waals surface area contributed by atoms with Gasteiger partial charge in [-0.15, -0.1) is 0 Å². The molecule has 0 aliphatic heterocycles. The lowest BCUT2D eigenvalue weighted by Crippen LogP contribution is -2.38. The molecule has 6 nitrogen and oxygen atoms in total. The summed E-state index contributed by atoms with van der Waals surface area (Å²) < 4.78 is 15.6. The van der Waals surface area contributed by atoms with E-state index >= 15 is 0 Å². The molecule has 106 valence electrons. The molecule has 0 aliphatic carbocycles. The standard InChI is InChI=1S/C13H8ClFN4O2/c1-18-11-8(3-2-4-16-11)12(20)19(13(18)21)7-5-9(15)10(14)17-6-7/h2-6H,1H3. The summed E-state index contributed by atoms with van der Waals surface area (Å²) in [5.74, 6) is -0.811. The summed E-state index contributed by atoms with van der Waals surface area (Å²) in [6, 6.07) is 4.11. The molecule has 3 rings (SSSR count). The zero-order valence-corrected chi connectivity index (χ0v) is 11.5. The molecule has 0 atom stereocenters. The third-order valence-corrected chi connectivity index (χ3v) is 3.33. The minimum Gasteiger partial charge on any atom is -0.280 e. The SMILES string of the molecule is Cn1c(=O)n(-c2cnc(Cl)c(F)c2)c(=O)c2cccnc21.